The van der Waals surface area contributed by atoms with Gasteiger partial charge in [0, 0.05) is 25.3 Å². The van der Waals surface area contributed by atoms with Gasteiger partial charge in [-0.25, -0.2) is 4.79 Å². The quantitative estimate of drug-likeness (QED) is 0.395. The van der Waals surface area contributed by atoms with Gasteiger partial charge in [-0.2, -0.15) is 4.99 Å². The van der Waals surface area contributed by atoms with Crippen LogP contribution in [0.15, 0.2) is 64.1 Å². The number of rotatable bonds is 7. The first-order valence-corrected chi connectivity index (χ1v) is 10.8. The second-order valence-electron chi connectivity index (χ2n) is 6.79. The molecule has 1 amide bonds. The summed E-state index contributed by atoms with van der Waals surface area (Å²) in [6, 6.07) is 16.2. The van der Waals surface area contributed by atoms with Crippen molar-refractivity contribution in [3.8, 4) is 11.3 Å². The largest absolute Gasteiger partial charge is 0.462 e. The zero-order valence-electron chi connectivity index (χ0n) is 17.6. The van der Waals surface area contributed by atoms with E-state index >= 15 is 0 Å². The van der Waals surface area contributed by atoms with Crippen LogP contribution >= 0.6 is 11.3 Å². The van der Waals surface area contributed by atoms with Gasteiger partial charge in [0.15, 0.2) is 16.3 Å². The van der Waals surface area contributed by atoms with Crippen molar-refractivity contribution in [3.05, 3.63) is 70.7 Å². The first-order valence-electron chi connectivity index (χ1n) is 10.0. The molecule has 2 heterocycles. The summed E-state index contributed by atoms with van der Waals surface area (Å²) in [7, 11) is 1.61. The number of esters is 1. The molecule has 0 atom stereocenters. The van der Waals surface area contributed by atoms with Crippen molar-refractivity contribution >= 4 is 33.4 Å². The number of benzene rings is 2. The van der Waals surface area contributed by atoms with Gasteiger partial charge in [-0.1, -0.05) is 46.8 Å². The van der Waals surface area contributed by atoms with Crippen LogP contribution in [0.4, 0.5) is 0 Å². The van der Waals surface area contributed by atoms with Crippen molar-refractivity contribution < 1.29 is 23.6 Å². The average Bonchev–Trinajstić information content (AvgIpc) is 3.43. The minimum absolute atomic E-state index is 0.117. The number of fused-ring (bicyclic) bond motifs is 1. The van der Waals surface area contributed by atoms with Crippen LogP contribution in [0, 0.1) is 0 Å². The van der Waals surface area contributed by atoms with Crippen molar-refractivity contribution in [1.82, 2.24) is 9.72 Å². The van der Waals surface area contributed by atoms with E-state index in [1.54, 1.807) is 32.2 Å². The Balaban J connectivity index is 1.72. The molecule has 0 saturated heterocycles. The fraction of sp³-hybridized carbons (Fsp3) is 0.217. The van der Waals surface area contributed by atoms with Gasteiger partial charge in [0.05, 0.1) is 29.0 Å². The molecule has 2 aromatic heterocycles. The maximum absolute atomic E-state index is 12.8. The molecule has 164 valence electrons. The van der Waals surface area contributed by atoms with Gasteiger partial charge in [-0.3, -0.25) is 4.79 Å². The summed E-state index contributed by atoms with van der Waals surface area (Å²) >= 11 is 1.30. The number of hydrogen-bond donors (Lipinski definition) is 0. The Morgan fingerprint density at radius 3 is 2.72 bits per heavy atom. The third-order valence-electron chi connectivity index (χ3n) is 4.70. The Bertz CT molecular complexity index is 1320. The third kappa shape index (κ3) is 4.53. The van der Waals surface area contributed by atoms with Crippen molar-refractivity contribution in [2.24, 2.45) is 4.99 Å². The summed E-state index contributed by atoms with van der Waals surface area (Å²) in [6.45, 7) is 2.99. The molecule has 0 N–H and O–H groups in total. The van der Waals surface area contributed by atoms with E-state index in [0.29, 0.717) is 35.9 Å². The highest BCUT2D eigenvalue weighted by molar-refractivity contribution is 7.16. The summed E-state index contributed by atoms with van der Waals surface area (Å²) < 4.78 is 18.3. The molecule has 9 heteroatoms. The number of carbonyl (C=O) groups is 2. The van der Waals surface area contributed by atoms with Crippen LogP contribution in [0.2, 0.25) is 0 Å². The minimum atomic E-state index is -0.515. The molecule has 4 aromatic rings. The van der Waals surface area contributed by atoms with E-state index in [1.807, 2.05) is 41.0 Å². The highest BCUT2D eigenvalue weighted by Crippen LogP contribution is 2.22. The summed E-state index contributed by atoms with van der Waals surface area (Å²) in [5.74, 6) is -0.414. The zero-order chi connectivity index (χ0) is 22.5. The number of ether oxygens (including phenoxy) is 2. The fourth-order valence-electron chi connectivity index (χ4n) is 3.16. The second kappa shape index (κ2) is 9.71. The fourth-order valence-corrected chi connectivity index (χ4v) is 4.25. The summed E-state index contributed by atoms with van der Waals surface area (Å²) in [5.41, 5.74) is 2.23. The van der Waals surface area contributed by atoms with Crippen LogP contribution in [0.3, 0.4) is 0 Å². The van der Waals surface area contributed by atoms with E-state index in [0.717, 1.165) is 15.8 Å². The molecule has 0 saturated carbocycles. The smallest absolute Gasteiger partial charge is 0.338 e. The SMILES string of the molecule is CCOC(=O)c1ccc2c(c1)sc(=NC(=O)c1cc(-c3ccccc3)on1)n2CCOC. The number of methoxy groups -OCH3 is 1. The van der Waals surface area contributed by atoms with Gasteiger partial charge >= 0.3 is 11.9 Å². The molecule has 0 aliphatic heterocycles. The van der Waals surface area contributed by atoms with Crippen LogP contribution in [-0.4, -0.2) is 41.9 Å². The highest BCUT2D eigenvalue weighted by atomic mass is 32.1. The van der Waals surface area contributed by atoms with Crippen LogP contribution in [-0.2, 0) is 16.0 Å². The lowest BCUT2D eigenvalue weighted by Gasteiger charge is -2.05. The van der Waals surface area contributed by atoms with E-state index in [-0.39, 0.29) is 5.69 Å². The van der Waals surface area contributed by atoms with Crippen molar-refractivity contribution in [2.45, 2.75) is 13.5 Å². The molecule has 4 rings (SSSR count). The molecule has 8 nitrogen and oxygen atoms in total. The Kier molecular flexibility index (Phi) is 6.58. The Morgan fingerprint density at radius 2 is 1.97 bits per heavy atom. The first-order chi connectivity index (χ1) is 15.6. The van der Waals surface area contributed by atoms with Crippen LogP contribution in [0.1, 0.15) is 27.8 Å². The molecular formula is C23H21N3O5S. The van der Waals surface area contributed by atoms with E-state index in [9.17, 15) is 9.59 Å². The van der Waals surface area contributed by atoms with Crippen molar-refractivity contribution in [1.29, 1.82) is 0 Å². The predicted molar refractivity (Wildman–Crippen MR) is 119 cm³/mol. The number of amides is 1. The molecule has 0 aliphatic rings. The van der Waals surface area contributed by atoms with Crippen LogP contribution < -0.4 is 4.80 Å². The predicted octanol–water partition coefficient (Wildman–Crippen LogP) is 3.92. The number of nitrogens with zero attached hydrogens (tertiary/aromatic N) is 3. The normalized spacial score (nSPS) is 11.8. The van der Waals surface area contributed by atoms with Gasteiger partial charge in [0.1, 0.15) is 0 Å². The molecule has 0 bridgehead atoms. The molecule has 0 radical (unpaired) electrons. The highest BCUT2D eigenvalue weighted by Gasteiger charge is 2.16. The lowest BCUT2D eigenvalue weighted by molar-refractivity contribution is 0.0526. The maximum Gasteiger partial charge on any atom is 0.338 e. The molecule has 32 heavy (non-hydrogen) atoms. The van der Waals surface area contributed by atoms with Gasteiger partial charge in [-0.05, 0) is 25.1 Å². The lowest BCUT2D eigenvalue weighted by Crippen LogP contribution is -2.19. The van der Waals surface area contributed by atoms with E-state index in [2.05, 4.69) is 10.1 Å². The molecular weight excluding hydrogens is 430 g/mol. The van der Waals surface area contributed by atoms with Crippen molar-refractivity contribution in [3.63, 3.8) is 0 Å². The second-order valence-corrected chi connectivity index (χ2v) is 7.80. The summed E-state index contributed by atoms with van der Waals surface area (Å²) in [4.78, 5) is 29.7. The van der Waals surface area contributed by atoms with E-state index < -0.39 is 11.9 Å². The molecule has 0 spiro atoms. The summed E-state index contributed by atoms with van der Waals surface area (Å²) in [6.07, 6.45) is 0. The van der Waals surface area contributed by atoms with E-state index in [4.69, 9.17) is 14.0 Å². The summed E-state index contributed by atoms with van der Waals surface area (Å²) in [5, 5.41) is 3.88. The van der Waals surface area contributed by atoms with Gasteiger partial charge in [-0.15, -0.1) is 0 Å². The Hall–Kier alpha value is -3.56. The topological polar surface area (TPSA) is 95.9 Å². The average molecular weight is 452 g/mol. The molecule has 0 fully saturated rings. The molecule has 0 aliphatic carbocycles. The van der Waals surface area contributed by atoms with E-state index in [1.165, 1.54) is 11.3 Å². The first kappa shape index (κ1) is 21.7. The number of aromatic nitrogens is 2. The lowest BCUT2D eigenvalue weighted by atomic mass is 10.1. The number of thiazole rings is 1. The van der Waals surface area contributed by atoms with Gasteiger partial charge < -0.3 is 18.6 Å². The Morgan fingerprint density at radius 1 is 1.16 bits per heavy atom. The van der Waals surface area contributed by atoms with Gasteiger partial charge in [0.25, 0.3) is 0 Å². The maximum atomic E-state index is 12.8. The third-order valence-corrected chi connectivity index (χ3v) is 5.74. The standard InChI is InChI=1S/C23H21N3O5S/c1-3-30-22(28)16-9-10-18-20(13-16)32-23(26(18)11-12-29-2)24-21(27)17-14-19(31-25-17)15-7-5-4-6-8-15/h4-10,13-14H,3,11-12H2,1-2H3. The number of hydrogen-bond acceptors (Lipinski definition) is 7. The van der Waals surface area contributed by atoms with Crippen LogP contribution in [0.25, 0.3) is 21.5 Å². The van der Waals surface area contributed by atoms with Crippen LogP contribution in [0.5, 0.6) is 0 Å². The monoisotopic (exact) mass is 451 g/mol. The molecule has 2 aromatic carbocycles. The Labute approximate surface area is 187 Å². The zero-order valence-corrected chi connectivity index (χ0v) is 18.4. The number of carbonyl (C=O) groups excluding carboxylic acids is 2. The van der Waals surface area contributed by atoms with Crippen molar-refractivity contribution in [2.75, 3.05) is 20.3 Å². The minimum Gasteiger partial charge on any atom is -0.462 e. The molecule has 0 unspecified atom stereocenters. The van der Waals surface area contributed by atoms with Gasteiger partial charge in [0.2, 0.25) is 0 Å².